The molecule has 7 heteroatoms. The van der Waals surface area contributed by atoms with E-state index < -0.39 is 15.1 Å². The van der Waals surface area contributed by atoms with E-state index in [1.165, 1.54) is 6.07 Å². The summed E-state index contributed by atoms with van der Waals surface area (Å²) < 4.78 is 23.7. The van der Waals surface area contributed by atoms with Gasteiger partial charge in [0.25, 0.3) is 0 Å². The van der Waals surface area contributed by atoms with E-state index in [9.17, 15) is 8.42 Å². The van der Waals surface area contributed by atoms with Crippen molar-refractivity contribution in [3.05, 3.63) is 6.07 Å². The van der Waals surface area contributed by atoms with Gasteiger partial charge in [0.1, 0.15) is 16.5 Å². The SMILES string of the molecule is CC(C)S(=O)(=O)c1c(N)cc(N)nc1N. The lowest BCUT2D eigenvalue weighted by molar-refractivity contribution is 0.588. The molecule has 15 heavy (non-hydrogen) atoms. The maximum Gasteiger partial charge on any atom is 0.186 e. The number of sulfone groups is 1. The summed E-state index contributed by atoms with van der Waals surface area (Å²) in [5, 5.41) is -0.604. The zero-order chi connectivity index (χ0) is 11.8. The van der Waals surface area contributed by atoms with Crippen molar-refractivity contribution in [3.63, 3.8) is 0 Å². The van der Waals surface area contributed by atoms with Gasteiger partial charge in [-0.25, -0.2) is 13.4 Å². The minimum Gasteiger partial charge on any atom is -0.397 e. The van der Waals surface area contributed by atoms with Gasteiger partial charge in [-0.1, -0.05) is 0 Å². The molecular formula is C8H14N4O2S. The van der Waals surface area contributed by atoms with Crippen molar-refractivity contribution >= 4 is 27.2 Å². The molecule has 0 radical (unpaired) electrons. The lowest BCUT2D eigenvalue weighted by atomic mass is 10.4. The summed E-state index contributed by atoms with van der Waals surface area (Å²) in [6.45, 7) is 3.09. The van der Waals surface area contributed by atoms with Crippen molar-refractivity contribution in [3.8, 4) is 0 Å². The van der Waals surface area contributed by atoms with Gasteiger partial charge in [0.05, 0.1) is 10.9 Å². The Morgan fingerprint density at radius 3 is 2.20 bits per heavy atom. The fraction of sp³-hybridized carbons (Fsp3) is 0.375. The molecule has 0 aliphatic rings. The average molecular weight is 230 g/mol. The number of nitrogens with zero attached hydrogens (tertiary/aromatic N) is 1. The van der Waals surface area contributed by atoms with E-state index in [4.69, 9.17) is 17.2 Å². The van der Waals surface area contributed by atoms with Gasteiger partial charge < -0.3 is 17.2 Å². The van der Waals surface area contributed by atoms with Gasteiger partial charge in [0.15, 0.2) is 9.84 Å². The highest BCUT2D eigenvalue weighted by Crippen LogP contribution is 2.28. The van der Waals surface area contributed by atoms with Crippen LogP contribution in [0.5, 0.6) is 0 Å². The molecule has 1 aromatic rings. The van der Waals surface area contributed by atoms with Gasteiger partial charge in [-0.3, -0.25) is 0 Å². The topological polar surface area (TPSA) is 125 Å². The molecule has 6 N–H and O–H groups in total. The summed E-state index contributed by atoms with van der Waals surface area (Å²) in [5.41, 5.74) is 16.5. The van der Waals surface area contributed by atoms with Crippen molar-refractivity contribution in [2.45, 2.75) is 24.0 Å². The van der Waals surface area contributed by atoms with Crippen LogP contribution in [-0.2, 0) is 9.84 Å². The van der Waals surface area contributed by atoms with Crippen LogP contribution in [0.4, 0.5) is 17.3 Å². The molecule has 0 amide bonds. The van der Waals surface area contributed by atoms with Crippen LogP contribution in [-0.4, -0.2) is 18.7 Å². The lowest BCUT2D eigenvalue weighted by Crippen LogP contribution is -2.18. The molecule has 1 rings (SSSR count). The third-order valence-electron chi connectivity index (χ3n) is 1.95. The maximum atomic E-state index is 11.8. The summed E-state index contributed by atoms with van der Waals surface area (Å²) in [4.78, 5) is 3.55. The molecule has 0 aliphatic carbocycles. The van der Waals surface area contributed by atoms with Crippen LogP contribution in [0.25, 0.3) is 0 Å². The third-order valence-corrected chi connectivity index (χ3v) is 4.21. The van der Waals surface area contributed by atoms with E-state index in [1.807, 2.05) is 0 Å². The van der Waals surface area contributed by atoms with Crippen molar-refractivity contribution < 1.29 is 8.42 Å². The van der Waals surface area contributed by atoms with Crippen LogP contribution >= 0.6 is 0 Å². The van der Waals surface area contributed by atoms with Crippen molar-refractivity contribution in [1.82, 2.24) is 4.98 Å². The molecule has 0 spiro atoms. The maximum absolute atomic E-state index is 11.8. The number of aromatic nitrogens is 1. The number of rotatable bonds is 2. The van der Waals surface area contributed by atoms with E-state index in [0.29, 0.717) is 0 Å². The summed E-state index contributed by atoms with van der Waals surface area (Å²) in [6, 6.07) is 1.28. The number of anilines is 3. The first-order chi connectivity index (χ1) is 6.76. The molecule has 0 atom stereocenters. The smallest absolute Gasteiger partial charge is 0.186 e. The van der Waals surface area contributed by atoms with Crippen LogP contribution in [0.1, 0.15) is 13.8 Å². The fourth-order valence-electron chi connectivity index (χ4n) is 1.14. The predicted octanol–water partition coefficient (Wildman–Crippen LogP) is 0.0103. The van der Waals surface area contributed by atoms with Crippen molar-refractivity contribution in [1.29, 1.82) is 0 Å². The Bertz CT molecular complexity index is 458. The van der Waals surface area contributed by atoms with Gasteiger partial charge >= 0.3 is 0 Å². The Kier molecular flexibility index (Phi) is 2.76. The van der Waals surface area contributed by atoms with E-state index in [1.54, 1.807) is 13.8 Å². The largest absolute Gasteiger partial charge is 0.397 e. The monoisotopic (exact) mass is 230 g/mol. The summed E-state index contributed by atoms with van der Waals surface area (Å²) in [5.74, 6) is -0.0473. The molecule has 1 aromatic heterocycles. The molecule has 0 fully saturated rings. The van der Waals surface area contributed by atoms with Gasteiger partial charge in [0.2, 0.25) is 0 Å². The molecule has 0 aliphatic heterocycles. The predicted molar refractivity (Wildman–Crippen MR) is 59.8 cm³/mol. The zero-order valence-corrected chi connectivity index (χ0v) is 9.38. The van der Waals surface area contributed by atoms with Crippen LogP contribution in [0.3, 0.4) is 0 Å². The Labute approximate surface area is 88.4 Å². The first kappa shape index (κ1) is 11.6. The van der Waals surface area contributed by atoms with Gasteiger partial charge in [-0.05, 0) is 13.8 Å². The van der Waals surface area contributed by atoms with Crippen LogP contribution < -0.4 is 17.2 Å². The minimum atomic E-state index is -3.52. The number of pyridine rings is 1. The van der Waals surface area contributed by atoms with Crippen molar-refractivity contribution in [2.75, 3.05) is 17.2 Å². The molecule has 84 valence electrons. The Morgan fingerprint density at radius 2 is 1.80 bits per heavy atom. The highest BCUT2D eigenvalue weighted by Gasteiger charge is 2.25. The molecule has 0 aromatic carbocycles. The minimum absolute atomic E-state index is 0.0358. The second kappa shape index (κ2) is 3.58. The van der Waals surface area contributed by atoms with Crippen LogP contribution in [0.15, 0.2) is 11.0 Å². The Morgan fingerprint density at radius 1 is 1.27 bits per heavy atom. The standard InChI is InChI=1S/C8H14N4O2S/c1-4(2)15(13,14)7-5(9)3-6(10)12-8(7)11/h3-4H,1-2H3,(H6,9,10,11,12). The molecule has 0 unspecified atom stereocenters. The first-order valence-electron chi connectivity index (χ1n) is 4.32. The summed E-state index contributed by atoms with van der Waals surface area (Å²) in [6.07, 6.45) is 0. The molecule has 0 saturated heterocycles. The summed E-state index contributed by atoms with van der Waals surface area (Å²) in [7, 11) is -3.52. The summed E-state index contributed by atoms with van der Waals surface area (Å²) >= 11 is 0. The van der Waals surface area contributed by atoms with E-state index in [2.05, 4.69) is 4.98 Å². The molecule has 6 nitrogen and oxygen atoms in total. The van der Waals surface area contributed by atoms with E-state index in [0.717, 1.165) is 0 Å². The number of hydrogen-bond acceptors (Lipinski definition) is 6. The van der Waals surface area contributed by atoms with E-state index >= 15 is 0 Å². The number of hydrogen-bond donors (Lipinski definition) is 3. The van der Waals surface area contributed by atoms with Gasteiger partial charge in [-0.15, -0.1) is 0 Å². The molecular weight excluding hydrogens is 216 g/mol. The number of nitrogen functional groups attached to an aromatic ring is 3. The Hall–Kier alpha value is -1.50. The van der Waals surface area contributed by atoms with Crippen molar-refractivity contribution in [2.24, 2.45) is 0 Å². The molecule has 0 bridgehead atoms. The third kappa shape index (κ3) is 1.96. The van der Waals surface area contributed by atoms with Gasteiger partial charge in [0, 0.05) is 6.07 Å². The quantitative estimate of drug-likeness (QED) is 0.657. The Balaban J connectivity index is 3.52. The first-order valence-corrected chi connectivity index (χ1v) is 5.86. The second-order valence-electron chi connectivity index (χ2n) is 3.44. The average Bonchev–Trinajstić information content (AvgIpc) is 2.00. The normalized spacial score (nSPS) is 11.9. The highest BCUT2D eigenvalue weighted by atomic mass is 32.2. The molecule has 0 saturated carbocycles. The highest BCUT2D eigenvalue weighted by molar-refractivity contribution is 7.92. The fourth-order valence-corrected chi connectivity index (χ4v) is 2.34. The van der Waals surface area contributed by atoms with E-state index in [-0.39, 0.29) is 22.2 Å². The van der Waals surface area contributed by atoms with Crippen LogP contribution in [0, 0.1) is 0 Å². The zero-order valence-electron chi connectivity index (χ0n) is 8.56. The van der Waals surface area contributed by atoms with Crippen LogP contribution in [0.2, 0.25) is 0 Å². The number of nitrogens with two attached hydrogens (primary N) is 3. The molecule has 1 heterocycles. The lowest BCUT2D eigenvalue weighted by Gasteiger charge is -2.12. The van der Waals surface area contributed by atoms with Gasteiger partial charge in [-0.2, -0.15) is 0 Å². The second-order valence-corrected chi connectivity index (χ2v) is 5.89.